The highest BCUT2D eigenvalue weighted by Gasteiger charge is 2.23. The number of rotatable bonds is 12. The van der Waals surface area contributed by atoms with E-state index >= 15 is 0 Å². The van der Waals surface area contributed by atoms with Crippen molar-refractivity contribution in [2.45, 2.75) is 51.4 Å². The number of anilines is 1. The van der Waals surface area contributed by atoms with Gasteiger partial charge in [-0.15, -0.1) is 0 Å². The van der Waals surface area contributed by atoms with Gasteiger partial charge in [0.05, 0.1) is 17.1 Å². The summed E-state index contributed by atoms with van der Waals surface area (Å²) in [6, 6.07) is 27.9. The smallest absolute Gasteiger partial charge is 0.0882 e. The average Bonchev–Trinajstić information content (AvgIpc) is 3.23. The fourth-order valence-corrected chi connectivity index (χ4v) is 7.41. The average molecular weight is 692 g/mol. The fraction of sp³-hybridized carbons (Fsp3) is 0.200. The molecule has 3 heteroatoms. The number of hydrogen-bond donors (Lipinski definition) is 2. The Morgan fingerprint density at radius 2 is 1.47 bits per heavy atom. The minimum atomic E-state index is 0.116. The van der Waals surface area contributed by atoms with Crippen molar-refractivity contribution in [2.75, 3.05) is 5.32 Å². The third-order valence-electron chi connectivity index (χ3n) is 10.4. The van der Waals surface area contributed by atoms with E-state index in [2.05, 4.69) is 176 Å². The number of hydrogen-bond acceptors (Lipinski definition) is 3. The third-order valence-corrected chi connectivity index (χ3v) is 10.4. The molecule has 0 fully saturated rings. The summed E-state index contributed by atoms with van der Waals surface area (Å²) in [6.07, 6.45) is 38.6. The first-order chi connectivity index (χ1) is 26.1. The van der Waals surface area contributed by atoms with E-state index in [-0.39, 0.29) is 11.8 Å². The number of nitrogens with zero attached hydrogens (tertiary/aromatic N) is 1. The molecule has 3 aromatic carbocycles. The van der Waals surface area contributed by atoms with Gasteiger partial charge in [0.25, 0.3) is 0 Å². The molecular weight excluding hydrogens is 643 g/mol. The zero-order valence-electron chi connectivity index (χ0n) is 30.6. The Morgan fingerprint density at radius 1 is 0.755 bits per heavy atom. The van der Waals surface area contributed by atoms with Crippen molar-refractivity contribution in [1.29, 1.82) is 5.41 Å². The molecule has 3 aromatic rings. The third kappa shape index (κ3) is 9.36. The SMILES string of the molecule is C=C(/C=C(\C=C/Nc1cccc(-c2cccc(-c3ccccc3)c2)c1)C1C=C(/N=C(\C(=N)C2C=CCCC2)C2=CC=CCC2)C=CC1)C1=CC=CCC1. The summed E-state index contributed by atoms with van der Waals surface area (Å²) in [4.78, 5) is 5.25. The molecule has 2 N–H and O–H groups in total. The molecule has 0 saturated carbocycles. The number of aliphatic imine (C=N–C) groups is 1. The Bertz CT molecular complexity index is 2140. The van der Waals surface area contributed by atoms with Crippen molar-refractivity contribution in [3.05, 3.63) is 199 Å². The Kier molecular flexibility index (Phi) is 11.8. The Hall–Kier alpha value is -5.80. The zero-order chi connectivity index (χ0) is 36.2. The van der Waals surface area contributed by atoms with Gasteiger partial charge in [-0.05, 0) is 126 Å². The van der Waals surface area contributed by atoms with Crippen LogP contribution in [0, 0.1) is 17.2 Å². The summed E-state index contributed by atoms with van der Waals surface area (Å²) >= 11 is 0. The van der Waals surface area contributed by atoms with Crippen LogP contribution in [0.2, 0.25) is 0 Å². The standard InChI is InChI=1S/C50H49N3/c1-37(38-17-6-2-7-18-38)33-46(31-32-52-47-29-15-27-44(35-47)43-26-14-25-42(34-43)39-19-8-3-9-20-39)45-28-16-30-48(36-45)53-50(41-23-12-5-13-24-41)49(51)40-21-10-4-11-22-40/h2-3,5-6,8-10,12,14-17,19-21,23,25-27,29-36,40,45,51-52H,1,4,7,11,13,18,22,24,28H2/b32-31-,46-33+,51-49?,53-50-. The second kappa shape index (κ2) is 17.6. The second-order valence-electron chi connectivity index (χ2n) is 14.2. The molecule has 53 heavy (non-hydrogen) atoms. The molecule has 0 spiro atoms. The maximum absolute atomic E-state index is 9.28. The Balaban J connectivity index is 1.16. The highest BCUT2D eigenvalue weighted by atomic mass is 14.8. The van der Waals surface area contributed by atoms with Crippen LogP contribution < -0.4 is 5.32 Å². The van der Waals surface area contributed by atoms with Gasteiger partial charge in [0.2, 0.25) is 0 Å². The molecule has 0 saturated heterocycles. The highest BCUT2D eigenvalue weighted by molar-refractivity contribution is 6.48. The maximum atomic E-state index is 9.28. The van der Waals surface area contributed by atoms with Gasteiger partial charge in [-0.3, -0.25) is 0 Å². The van der Waals surface area contributed by atoms with Gasteiger partial charge >= 0.3 is 0 Å². The topological polar surface area (TPSA) is 48.2 Å². The van der Waals surface area contributed by atoms with Gasteiger partial charge in [-0.25, -0.2) is 4.99 Å². The molecule has 264 valence electrons. The molecule has 0 radical (unpaired) electrons. The second-order valence-corrected chi connectivity index (χ2v) is 14.2. The van der Waals surface area contributed by atoms with Crippen molar-refractivity contribution >= 4 is 17.1 Å². The Labute approximate surface area is 315 Å². The van der Waals surface area contributed by atoms with Gasteiger partial charge in [-0.1, -0.05) is 134 Å². The van der Waals surface area contributed by atoms with Crippen LogP contribution in [0.3, 0.4) is 0 Å². The molecule has 0 aliphatic heterocycles. The van der Waals surface area contributed by atoms with Crippen LogP contribution in [0.5, 0.6) is 0 Å². The van der Waals surface area contributed by atoms with E-state index in [1.54, 1.807) is 0 Å². The number of allylic oxidation sites excluding steroid dienone is 17. The maximum Gasteiger partial charge on any atom is 0.0882 e. The molecule has 0 aromatic heterocycles. The van der Waals surface area contributed by atoms with E-state index in [9.17, 15) is 5.41 Å². The van der Waals surface area contributed by atoms with E-state index in [0.717, 1.165) is 79.6 Å². The van der Waals surface area contributed by atoms with Crippen molar-refractivity contribution in [3.63, 3.8) is 0 Å². The van der Waals surface area contributed by atoms with E-state index in [1.807, 2.05) is 0 Å². The molecule has 4 aliphatic rings. The summed E-state index contributed by atoms with van der Waals surface area (Å²) in [5, 5.41) is 12.8. The molecule has 4 aliphatic carbocycles. The number of nitrogens with one attached hydrogen (secondary N) is 2. The van der Waals surface area contributed by atoms with E-state index in [0.29, 0.717) is 5.71 Å². The number of benzene rings is 3. The first kappa shape index (κ1) is 35.6. The monoisotopic (exact) mass is 691 g/mol. The lowest BCUT2D eigenvalue weighted by atomic mass is 9.85. The molecule has 0 heterocycles. The lowest BCUT2D eigenvalue weighted by Crippen LogP contribution is -2.25. The quantitative estimate of drug-likeness (QED) is 0.111. The lowest BCUT2D eigenvalue weighted by molar-refractivity contribution is 0.656. The van der Waals surface area contributed by atoms with Gasteiger partial charge in [0.1, 0.15) is 0 Å². The van der Waals surface area contributed by atoms with Crippen molar-refractivity contribution in [1.82, 2.24) is 0 Å². The predicted octanol–water partition coefficient (Wildman–Crippen LogP) is 13.3. The first-order valence-corrected chi connectivity index (χ1v) is 19.1. The van der Waals surface area contributed by atoms with Crippen LogP contribution in [0.1, 0.15) is 51.4 Å². The summed E-state index contributed by atoms with van der Waals surface area (Å²) in [5.74, 6) is 0.237. The zero-order valence-corrected chi connectivity index (χ0v) is 30.6. The van der Waals surface area contributed by atoms with Gasteiger partial charge in [0.15, 0.2) is 0 Å². The molecule has 0 bridgehead atoms. The normalized spacial score (nSPS) is 20.2. The molecule has 7 rings (SSSR count). The van der Waals surface area contributed by atoms with E-state index < -0.39 is 0 Å². The fourth-order valence-electron chi connectivity index (χ4n) is 7.41. The van der Waals surface area contributed by atoms with Crippen LogP contribution in [0.15, 0.2) is 204 Å². The molecule has 0 amide bonds. The van der Waals surface area contributed by atoms with Crippen LogP contribution in [-0.2, 0) is 0 Å². The molecular formula is C50H49N3. The molecule has 3 nitrogen and oxygen atoms in total. The highest BCUT2D eigenvalue weighted by Crippen LogP contribution is 2.32. The Morgan fingerprint density at radius 3 is 2.21 bits per heavy atom. The summed E-state index contributed by atoms with van der Waals surface area (Å²) in [6.45, 7) is 4.51. The molecule has 2 unspecified atom stereocenters. The van der Waals surface area contributed by atoms with Crippen molar-refractivity contribution < 1.29 is 0 Å². The summed E-state index contributed by atoms with van der Waals surface area (Å²) in [7, 11) is 0. The van der Waals surface area contributed by atoms with Gasteiger partial charge in [-0.2, -0.15) is 0 Å². The first-order valence-electron chi connectivity index (χ1n) is 19.1. The minimum absolute atomic E-state index is 0.116. The van der Waals surface area contributed by atoms with Crippen LogP contribution in [0.25, 0.3) is 22.3 Å². The van der Waals surface area contributed by atoms with Gasteiger partial charge in [0, 0.05) is 23.7 Å². The summed E-state index contributed by atoms with van der Waals surface area (Å²) < 4.78 is 0. The van der Waals surface area contributed by atoms with E-state index in [4.69, 9.17) is 4.99 Å². The van der Waals surface area contributed by atoms with Crippen molar-refractivity contribution in [3.8, 4) is 22.3 Å². The largest absolute Gasteiger partial charge is 0.362 e. The minimum Gasteiger partial charge on any atom is -0.362 e. The van der Waals surface area contributed by atoms with Gasteiger partial charge < -0.3 is 10.7 Å². The van der Waals surface area contributed by atoms with Crippen LogP contribution in [0.4, 0.5) is 5.69 Å². The summed E-state index contributed by atoms with van der Waals surface area (Å²) in [5.41, 5.74) is 12.9. The van der Waals surface area contributed by atoms with E-state index in [1.165, 1.54) is 33.4 Å². The lowest BCUT2D eigenvalue weighted by Gasteiger charge is -2.22. The van der Waals surface area contributed by atoms with Crippen LogP contribution in [-0.4, -0.2) is 11.4 Å². The van der Waals surface area contributed by atoms with Crippen LogP contribution >= 0.6 is 0 Å². The van der Waals surface area contributed by atoms with Crippen molar-refractivity contribution in [2.24, 2.45) is 16.8 Å². The molecule has 2 atom stereocenters. The predicted molar refractivity (Wildman–Crippen MR) is 227 cm³/mol.